The molecule has 0 fully saturated rings. The minimum Gasteiger partial charge on any atom is -0.399 e. The molecule has 6 N–H and O–H groups in total. The van der Waals surface area contributed by atoms with E-state index < -0.39 is 5.60 Å². The summed E-state index contributed by atoms with van der Waals surface area (Å²) in [5, 5.41) is 17.8. The molecule has 0 unspecified atom stereocenters. The van der Waals surface area contributed by atoms with Gasteiger partial charge in [0.05, 0.1) is 11.3 Å². The highest BCUT2D eigenvalue weighted by Gasteiger charge is 2.33. The molecule has 0 spiro atoms. The van der Waals surface area contributed by atoms with Gasteiger partial charge in [-0.05, 0) is 85.9 Å². The van der Waals surface area contributed by atoms with Crippen LogP contribution in [0.15, 0.2) is 103 Å². The molecular weight excluding hydrogens is 502 g/mol. The van der Waals surface area contributed by atoms with E-state index in [9.17, 15) is 5.11 Å². The van der Waals surface area contributed by atoms with Crippen LogP contribution < -0.4 is 11.5 Å². The Bertz CT molecular complexity index is 1310. The quantitative estimate of drug-likeness (QED) is 0.174. The van der Waals surface area contributed by atoms with Crippen molar-refractivity contribution >= 4 is 22.7 Å². The van der Waals surface area contributed by atoms with Crippen LogP contribution in [0.4, 0.5) is 5.69 Å². The maximum absolute atomic E-state index is 9.68. The Morgan fingerprint density at radius 3 is 1.90 bits per heavy atom. The molecule has 0 amide bonds. The van der Waals surface area contributed by atoms with Crippen molar-refractivity contribution in [1.82, 2.24) is 0 Å². The molecule has 4 heteroatoms. The highest BCUT2D eigenvalue weighted by molar-refractivity contribution is 6.10. The van der Waals surface area contributed by atoms with Gasteiger partial charge in [0, 0.05) is 11.4 Å². The number of hydrogen-bond donors (Lipinski definition) is 4. The van der Waals surface area contributed by atoms with Crippen LogP contribution in [0.3, 0.4) is 0 Å². The van der Waals surface area contributed by atoms with Crippen LogP contribution >= 0.6 is 0 Å². The standard InChI is InChI=1S/C21H21N3.C9H20O.C7H8/c22-19-12-10-18(11-13-19)21(24)14-20(23)17-8-6-16(7-9-17)15-4-2-1-3-5-15;1-6-7-8(2,3)9(4,5)10;1-7-5-3-2-4-6-7/h2,4-14,24H,1,3,22-23H2;10H,6-7H2,1-5H3;2-6H,1H3/b20-14-,24-21?;;. The van der Waals surface area contributed by atoms with Crippen molar-refractivity contribution in [2.75, 3.05) is 5.73 Å². The number of nitrogen functional groups attached to an aromatic ring is 1. The van der Waals surface area contributed by atoms with Crippen LogP contribution in [-0.4, -0.2) is 16.4 Å². The summed E-state index contributed by atoms with van der Waals surface area (Å²) in [5.41, 5.74) is 18.4. The number of nitrogens with two attached hydrogens (primary N) is 2. The molecule has 0 atom stereocenters. The smallest absolute Gasteiger partial charge is 0.0642 e. The number of anilines is 1. The molecule has 41 heavy (non-hydrogen) atoms. The van der Waals surface area contributed by atoms with E-state index in [2.05, 4.69) is 70.2 Å². The Labute approximate surface area is 248 Å². The molecule has 0 aliphatic heterocycles. The summed E-state index contributed by atoms with van der Waals surface area (Å²) in [4.78, 5) is 0. The Kier molecular flexibility index (Phi) is 12.8. The van der Waals surface area contributed by atoms with Crippen molar-refractivity contribution in [2.24, 2.45) is 11.1 Å². The molecule has 1 aliphatic rings. The van der Waals surface area contributed by atoms with E-state index in [1.807, 2.05) is 56.3 Å². The summed E-state index contributed by atoms with van der Waals surface area (Å²) in [5.74, 6) is 0. The first-order valence-electron chi connectivity index (χ1n) is 14.5. The highest BCUT2D eigenvalue weighted by atomic mass is 16.3. The average Bonchev–Trinajstić information content (AvgIpc) is 2.94. The third-order valence-electron chi connectivity index (χ3n) is 7.54. The number of aryl methyl sites for hydroxylation is 1. The molecule has 4 nitrogen and oxygen atoms in total. The molecule has 0 heterocycles. The lowest BCUT2D eigenvalue weighted by molar-refractivity contribution is -0.0396. The molecule has 218 valence electrons. The maximum atomic E-state index is 9.68. The van der Waals surface area contributed by atoms with Gasteiger partial charge in [0.15, 0.2) is 0 Å². The first-order chi connectivity index (χ1) is 19.3. The van der Waals surface area contributed by atoms with Gasteiger partial charge in [0.2, 0.25) is 0 Å². The van der Waals surface area contributed by atoms with Gasteiger partial charge in [-0.1, -0.05) is 118 Å². The van der Waals surface area contributed by atoms with Crippen molar-refractivity contribution in [3.63, 3.8) is 0 Å². The van der Waals surface area contributed by atoms with Crippen LogP contribution in [0.1, 0.15) is 82.6 Å². The minimum absolute atomic E-state index is 0.0434. The molecule has 4 rings (SSSR count). The average molecular weight is 552 g/mol. The molecule has 0 aromatic heterocycles. The molecule has 0 saturated carbocycles. The Morgan fingerprint density at radius 1 is 0.878 bits per heavy atom. The predicted octanol–water partition coefficient (Wildman–Crippen LogP) is 8.95. The summed E-state index contributed by atoms with van der Waals surface area (Å²) in [6, 6.07) is 25.6. The van der Waals surface area contributed by atoms with Gasteiger partial charge < -0.3 is 22.0 Å². The second-order valence-corrected chi connectivity index (χ2v) is 11.7. The number of allylic oxidation sites excluding steroid dienone is 5. The van der Waals surface area contributed by atoms with E-state index in [1.165, 1.54) is 16.7 Å². The molecule has 1 aliphatic carbocycles. The van der Waals surface area contributed by atoms with Crippen LogP contribution in [0.5, 0.6) is 0 Å². The number of rotatable bonds is 7. The first kappa shape index (κ1) is 33.3. The summed E-state index contributed by atoms with van der Waals surface area (Å²) < 4.78 is 0. The normalized spacial score (nSPS) is 13.2. The fourth-order valence-electron chi connectivity index (χ4n) is 4.13. The van der Waals surface area contributed by atoms with Crippen LogP contribution in [0.25, 0.3) is 11.3 Å². The molecular formula is C37H49N3O. The lowest BCUT2D eigenvalue weighted by Crippen LogP contribution is -2.38. The molecule has 3 aromatic rings. The summed E-state index contributed by atoms with van der Waals surface area (Å²) in [7, 11) is 0. The second kappa shape index (κ2) is 15.8. The van der Waals surface area contributed by atoms with Crippen molar-refractivity contribution < 1.29 is 5.11 Å². The number of hydrogen-bond acceptors (Lipinski definition) is 4. The second-order valence-electron chi connectivity index (χ2n) is 11.7. The molecule has 0 saturated heterocycles. The SMILES string of the molecule is CCCC(C)(C)C(C)(C)O.Cc1ccccc1.N=C(/C=C(\N)c1ccc(C2=CCCC=C2)cc1)c1ccc(N)cc1. The van der Waals surface area contributed by atoms with Crippen molar-refractivity contribution in [3.8, 4) is 0 Å². The zero-order valence-electron chi connectivity index (χ0n) is 25.7. The maximum Gasteiger partial charge on any atom is 0.0642 e. The first-order valence-corrected chi connectivity index (χ1v) is 14.5. The van der Waals surface area contributed by atoms with Gasteiger partial charge in [-0.15, -0.1) is 0 Å². The van der Waals surface area contributed by atoms with E-state index in [0.717, 1.165) is 36.8 Å². The third-order valence-corrected chi connectivity index (χ3v) is 7.54. The topological polar surface area (TPSA) is 96.1 Å². The van der Waals surface area contributed by atoms with Gasteiger partial charge in [-0.25, -0.2) is 0 Å². The minimum atomic E-state index is -0.553. The number of benzene rings is 3. The zero-order valence-corrected chi connectivity index (χ0v) is 25.7. The monoisotopic (exact) mass is 551 g/mol. The van der Waals surface area contributed by atoms with Gasteiger partial charge in [-0.2, -0.15) is 0 Å². The highest BCUT2D eigenvalue weighted by Crippen LogP contribution is 2.34. The van der Waals surface area contributed by atoms with Crippen LogP contribution in [-0.2, 0) is 0 Å². The van der Waals surface area contributed by atoms with E-state index >= 15 is 0 Å². The van der Waals surface area contributed by atoms with Gasteiger partial charge in [-0.3, -0.25) is 0 Å². The molecule has 0 radical (unpaired) electrons. The predicted molar refractivity (Wildman–Crippen MR) is 179 cm³/mol. The molecule has 3 aromatic carbocycles. The van der Waals surface area contributed by atoms with Gasteiger partial charge in [0.25, 0.3) is 0 Å². The van der Waals surface area contributed by atoms with Gasteiger partial charge >= 0.3 is 0 Å². The summed E-state index contributed by atoms with van der Waals surface area (Å²) in [6.45, 7) is 12.2. The van der Waals surface area contributed by atoms with Crippen molar-refractivity contribution in [3.05, 3.63) is 125 Å². The van der Waals surface area contributed by atoms with E-state index in [0.29, 0.717) is 17.1 Å². The number of nitrogens with one attached hydrogen (secondary N) is 1. The van der Waals surface area contributed by atoms with Crippen LogP contribution in [0, 0.1) is 17.7 Å². The lowest BCUT2D eigenvalue weighted by Gasteiger charge is -2.37. The Balaban J connectivity index is 0.000000284. The van der Waals surface area contributed by atoms with Gasteiger partial charge in [0.1, 0.15) is 0 Å². The Hall–Kier alpha value is -3.89. The van der Waals surface area contributed by atoms with Crippen molar-refractivity contribution in [2.45, 2.75) is 72.8 Å². The van der Waals surface area contributed by atoms with E-state index in [-0.39, 0.29) is 5.41 Å². The largest absolute Gasteiger partial charge is 0.399 e. The van der Waals surface area contributed by atoms with E-state index in [4.69, 9.17) is 16.9 Å². The fraction of sp³-hybridized carbons (Fsp3) is 0.324. The third kappa shape index (κ3) is 11.3. The summed E-state index contributed by atoms with van der Waals surface area (Å²) >= 11 is 0. The Morgan fingerprint density at radius 2 is 1.46 bits per heavy atom. The van der Waals surface area contributed by atoms with Crippen LogP contribution in [0.2, 0.25) is 0 Å². The molecule has 0 bridgehead atoms. The summed E-state index contributed by atoms with van der Waals surface area (Å²) in [6.07, 6.45) is 12.7. The van der Waals surface area contributed by atoms with E-state index in [1.54, 1.807) is 18.2 Å². The fourth-order valence-corrected chi connectivity index (χ4v) is 4.13. The zero-order chi connectivity index (χ0) is 30.5. The lowest BCUT2D eigenvalue weighted by atomic mass is 9.74. The van der Waals surface area contributed by atoms with Crippen molar-refractivity contribution in [1.29, 1.82) is 5.41 Å². The number of aliphatic hydroxyl groups is 1.